The van der Waals surface area contributed by atoms with Gasteiger partial charge in [-0.1, -0.05) is 11.6 Å². The van der Waals surface area contributed by atoms with Gasteiger partial charge >= 0.3 is 0 Å². The molecule has 1 amide bonds. The Morgan fingerprint density at radius 1 is 1.03 bits per heavy atom. The molecule has 0 saturated heterocycles. The van der Waals surface area contributed by atoms with E-state index >= 15 is 8.78 Å². The number of sulfonamides is 1. The SMILES string of the molecule is Cn1nc(NS(C)(=O)=O)c2c(Cl)ccc(-n3c([C@H](Cc4cc(F)cc(F)c4)NC(=O)Cn4nc(C(F)F)c5c4C(F)(F)[C@@H]4C[C@H]54)nc4nc(-c5ccncn5)ccc4c3=O)c21. The number of aryl methyl sites for hydroxylation is 1. The van der Waals surface area contributed by atoms with Gasteiger partial charge in [0.2, 0.25) is 15.9 Å². The number of alkyl halides is 4. The molecule has 23 heteroatoms. The number of nitrogens with zero attached hydrogens (tertiary/aromatic N) is 9. The summed E-state index contributed by atoms with van der Waals surface area (Å²) >= 11 is 6.60. The number of amides is 1. The van der Waals surface area contributed by atoms with Crippen LogP contribution in [0.25, 0.3) is 39.0 Å². The van der Waals surface area contributed by atoms with Crippen LogP contribution >= 0.6 is 11.6 Å². The first-order valence-electron chi connectivity index (χ1n) is 18.2. The topological polar surface area (TPSA) is 184 Å². The second-order valence-corrected chi connectivity index (χ2v) is 16.8. The van der Waals surface area contributed by atoms with Gasteiger partial charge in [0.25, 0.3) is 17.9 Å². The number of carbonyl (C=O) groups is 1. The molecule has 2 N–H and O–H groups in total. The number of fused-ring (bicyclic) bond motifs is 5. The number of halogens is 7. The van der Waals surface area contributed by atoms with E-state index in [1.165, 1.54) is 48.5 Å². The van der Waals surface area contributed by atoms with E-state index in [4.69, 9.17) is 16.6 Å². The van der Waals surface area contributed by atoms with Crippen LogP contribution in [0.15, 0.2) is 65.8 Å². The van der Waals surface area contributed by atoms with Crippen molar-refractivity contribution < 1.29 is 39.6 Å². The van der Waals surface area contributed by atoms with Gasteiger partial charge in [-0.2, -0.15) is 19.0 Å². The van der Waals surface area contributed by atoms with Crippen LogP contribution in [0, 0.1) is 17.6 Å². The number of nitrogens with one attached hydrogen (secondary N) is 2. The number of anilines is 1. The van der Waals surface area contributed by atoms with Gasteiger partial charge in [-0.3, -0.25) is 28.2 Å². The minimum atomic E-state index is -3.92. The Kier molecular flexibility index (Phi) is 9.42. The van der Waals surface area contributed by atoms with Crippen LogP contribution < -0.4 is 15.6 Å². The summed E-state index contributed by atoms with van der Waals surface area (Å²) in [6, 6.07) is 8.18. The summed E-state index contributed by atoms with van der Waals surface area (Å²) < 4.78 is 118. The molecule has 314 valence electrons. The van der Waals surface area contributed by atoms with Crippen molar-refractivity contribution >= 4 is 55.3 Å². The van der Waals surface area contributed by atoms with E-state index in [2.05, 4.69) is 35.2 Å². The maximum atomic E-state index is 15.5. The van der Waals surface area contributed by atoms with Crippen LogP contribution in [0.5, 0.6) is 0 Å². The fourth-order valence-corrected chi connectivity index (χ4v) is 8.78. The van der Waals surface area contributed by atoms with Gasteiger partial charge in [-0.25, -0.2) is 45.9 Å². The van der Waals surface area contributed by atoms with Gasteiger partial charge in [0.15, 0.2) is 11.5 Å². The van der Waals surface area contributed by atoms with Crippen molar-refractivity contribution in [3.8, 4) is 17.1 Å². The average molecular weight is 884 g/mol. The van der Waals surface area contributed by atoms with Crippen molar-refractivity contribution in [2.45, 2.75) is 43.7 Å². The van der Waals surface area contributed by atoms with E-state index in [-0.39, 0.29) is 67.5 Å². The van der Waals surface area contributed by atoms with Gasteiger partial charge in [-0.15, -0.1) is 0 Å². The third-order valence-corrected chi connectivity index (χ3v) is 11.4. The standard InChI is InChI=1S/C38H28ClF6N11O4S/c1-54-31-26(6-4-22(39)29(31)35(52-54)53-61(2,59)60)56-36(50-34-19(37(56)58)3-5-24(49-34)23-7-8-46-15-47-23)25(11-16-9-17(40)12-18(41)10-16)48-27(57)14-55-32-28(30(51-55)33(42)43)20-13-21(20)38(32,44)45/h3-10,12,15,20-21,25,33H,11,13-14H2,1-2H3,(H,48,57)(H,52,53)/t20-,21+,25-/m0/s1. The summed E-state index contributed by atoms with van der Waals surface area (Å²) in [5.41, 5.74) is -2.34. The molecule has 7 aromatic rings. The van der Waals surface area contributed by atoms with Crippen LogP contribution in [0.3, 0.4) is 0 Å². The minimum absolute atomic E-state index is 0.0115. The molecule has 0 aliphatic heterocycles. The van der Waals surface area contributed by atoms with E-state index in [1.807, 2.05) is 0 Å². The van der Waals surface area contributed by atoms with E-state index in [0.29, 0.717) is 16.4 Å². The number of pyridine rings is 1. The second kappa shape index (κ2) is 14.4. The zero-order chi connectivity index (χ0) is 43.3. The van der Waals surface area contributed by atoms with E-state index < -0.39 is 87.7 Å². The summed E-state index contributed by atoms with van der Waals surface area (Å²) in [7, 11) is -2.48. The zero-order valence-electron chi connectivity index (χ0n) is 31.4. The molecule has 15 nitrogen and oxygen atoms in total. The molecule has 1 fully saturated rings. The lowest BCUT2D eigenvalue weighted by Gasteiger charge is -2.24. The summed E-state index contributed by atoms with van der Waals surface area (Å²) in [4.78, 5) is 46.4. The Morgan fingerprint density at radius 3 is 2.48 bits per heavy atom. The third-order valence-electron chi connectivity index (χ3n) is 10.5. The molecule has 2 aromatic carbocycles. The highest BCUT2D eigenvalue weighted by molar-refractivity contribution is 7.92. The predicted octanol–water partition coefficient (Wildman–Crippen LogP) is 5.87. The van der Waals surface area contributed by atoms with Crippen molar-refractivity contribution in [3.05, 3.63) is 116 Å². The molecule has 2 aliphatic rings. The number of aromatic nitrogens is 9. The monoisotopic (exact) mass is 883 g/mol. The maximum absolute atomic E-state index is 15.5. The molecule has 3 atom stereocenters. The first-order chi connectivity index (χ1) is 28.9. The lowest BCUT2D eigenvalue weighted by molar-refractivity contribution is -0.123. The van der Waals surface area contributed by atoms with Crippen LogP contribution in [0.1, 0.15) is 53.1 Å². The van der Waals surface area contributed by atoms with Crippen LogP contribution in [0.2, 0.25) is 5.02 Å². The van der Waals surface area contributed by atoms with Gasteiger partial charge in [0.05, 0.1) is 50.7 Å². The molecule has 0 bridgehead atoms. The van der Waals surface area contributed by atoms with Crippen molar-refractivity contribution in [2.24, 2.45) is 13.0 Å². The Labute approximate surface area is 344 Å². The maximum Gasteiger partial charge on any atom is 0.293 e. The Morgan fingerprint density at radius 2 is 1.79 bits per heavy atom. The van der Waals surface area contributed by atoms with Crippen molar-refractivity contribution in [2.75, 3.05) is 11.0 Å². The highest BCUT2D eigenvalue weighted by atomic mass is 35.5. The molecular weight excluding hydrogens is 856 g/mol. The fraction of sp³-hybridized carbons (Fsp3) is 0.263. The van der Waals surface area contributed by atoms with Gasteiger partial charge in [-0.05, 0) is 60.4 Å². The lowest BCUT2D eigenvalue weighted by Crippen LogP contribution is -2.38. The highest BCUT2D eigenvalue weighted by Gasteiger charge is 2.67. The molecule has 0 unspecified atom stereocenters. The summed E-state index contributed by atoms with van der Waals surface area (Å²) in [5.74, 6) is -9.19. The molecule has 5 aromatic heterocycles. The highest BCUT2D eigenvalue weighted by Crippen LogP contribution is 2.68. The molecule has 9 rings (SSSR count). The first-order valence-corrected chi connectivity index (χ1v) is 20.5. The summed E-state index contributed by atoms with van der Waals surface area (Å²) in [6.45, 7) is -1.00. The van der Waals surface area contributed by atoms with Crippen molar-refractivity contribution in [1.29, 1.82) is 0 Å². The molecule has 5 heterocycles. The molecule has 2 aliphatic carbocycles. The Balaban J connectivity index is 1.26. The van der Waals surface area contributed by atoms with Gasteiger partial charge in [0, 0.05) is 37.2 Å². The average Bonchev–Trinajstić information content (AvgIpc) is 3.73. The zero-order valence-corrected chi connectivity index (χ0v) is 33.0. The van der Waals surface area contributed by atoms with Crippen molar-refractivity contribution in [1.82, 2.24) is 49.4 Å². The van der Waals surface area contributed by atoms with Gasteiger partial charge in [0.1, 0.15) is 41.7 Å². The first kappa shape index (κ1) is 40.0. The molecule has 61 heavy (non-hydrogen) atoms. The number of hydrogen-bond acceptors (Lipinski definition) is 10. The molecular formula is C38H28ClF6N11O4S. The Bertz CT molecular complexity index is 3130. The summed E-state index contributed by atoms with van der Waals surface area (Å²) in [6.07, 6.45) is -0.0975. The van der Waals surface area contributed by atoms with Gasteiger partial charge < -0.3 is 5.32 Å². The second-order valence-electron chi connectivity index (χ2n) is 14.7. The van der Waals surface area contributed by atoms with Crippen molar-refractivity contribution in [3.63, 3.8) is 0 Å². The quantitative estimate of drug-likeness (QED) is 0.149. The molecule has 0 spiro atoms. The largest absolute Gasteiger partial charge is 0.344 e. The fourth-order valence-electron chi connectivity index (χ4n) is 8.05. The van der Waals surface area contributed by atoms with E-state index in [1.54, 1.807) is 6.07 Å². The normalized spacial score (nSPS) is 17.1. The summed E-state index contributed by atoms with van der Waals surface area (Å²) in [5, 5.41) is 10.6. The Hall–Kier alpha value is -6.42. The number of hydrogen-bond donors (Lipinski definition) is 2. The molecule has 1 saturated carbocycles. The van der Waals surface area contributed by atoms with E-state index in [0.717, 1.165) is 23.0 Å². The van der Waals surface area contributed by atoms with Crippen LogP contribution in [-0.2, 0) is 40.8 Å². The number of rotatable bonds is 11. The van der Waals surface area contributed by atoms with E-state index in [9.17, 15) is 35.6 Å². The third kappa shape index (κ3) is 7.01. The smallest absolute Gasteiger partial charge is 0.293 e. The predicted molar refractivity (Wildman–Crippen MR) is 207 cm³/mol. The van der Waals surface area contributed by atoms with Crippen LogP contribution in [0.4, 0.5) is 32.2 Å². The molecule has 0 radical (unpaired) electrons. The number of carbonyl (C=O) groups excluding carboxylic acids is 1. The minimum Gasteiger partial charge on any atom is -0.344 e. The van der Waals surface area contributed by atoms with Crippen LogP contribution in [-0.4, -0.2) is 64.6 Å². The lowest BCUT2D eigenvalue weighted by atomic mass is 10.0. The number of benzene rings is 2.